The van der Waals surface area contributed by atoms with Gasteiger partial charge in [-0.1, -0.05) is 17.7 Å². The molecule has 0 unspecified atom stereocenters. The van der Waals surface area contributed by atoms with E-state index >= 15 is 0 Å². The normalized spacial score (nSPS) is 10.2. The number of aromatic nitrogens is 1. The van der Waals surface area contributed by atoms with Crippen LogP contribution < -0.4 is 4.74 Å². The minimum atomic E-state index is 0.381. The number of carbonyl (C=O) groups is 1. The monoisotopic (exact) mass is 195 g/mol. The molecule has 0 bridgehead atoms. The van der Waals surface area contributed by atoms with Crippen LogP contribution in [-0.2, 0) is 4.79 Å². The molecular weight excluding hydrogens is 190 g/mol. The zero-order valence-corrected chi connectivity index (χ0v) is 7.34. The highest BCUT2D eigenvalue weighted by Crippen LogP contribution is 2.31. The maximum Gasteiger partial charge on any atom is 0.298 e. The van der Waals surface area contributed by atoms with E-state index in [-0.39, 0.29) is 0 Å². The summed E-state index contributed by atoms with van der Waals surface area (Å²) in [4.78, 5) is 13.1. The van der Waals surface area contributed by atoms with Crippen LogP contribution in [0, 0.1) is 0 Å². The molecule has 1 N–H and O–H groups in total. The summed E-state index contributed by atoms with van der Waals surface area (Å²) in [5.41, 5.74) is 0.851. The summed E-state index contributed by atoms with van der Waals surface area (Å²) in [5.74, 6) is 0.454. The minimum Gasteiger partial charge on any atom is -0.426 e. The van der Waals surface area contributed by atoms with Gasteiger partial charge in [-0.2, -0.15) is 0 Å². The van der Waals surface area contributed by atoms with Crippen molar-refractivity contribution in [3.8, 4) is 5.75 Å². The van der Waals surface area contributed by atoms with E-state index in [1.807, 2.05) is 12.1 Å². The van der Waals surface area contributed by atoms with E-state index in [0.29, 0.717) is 17.2 Å². The average molecular weight is 196 g/mol. The quantitative estimate of drug-likeness (QED) is 0.748. The van der Waals surface area contributed by atoms with Crippen LogP contribution in [0.25, 0.3) is 10.9 Å². The number of hydrogen-bond donors (Lipinski definition) is 1. The third-order valence-electron chi connectivity index (χ3n) is 1.79. The van der Waals surface area contributed by atoms with Crippen LogP contribution >= 0.6 is 11.6 Å². The molecule has 0 aliphatic rings. The first-order valence-corrected chi connectivity index (χ1v) is 4.06. The van der Waals surface area contributed by atoms with Gasteiger partial charge in [0.05, 0.1) is 15.9 Å². The number of nitrogens with one attached hydrogen (secondary N) is 1. The maximum absolute atomic E-state index is 10.1. The molecule has 0 aliphatic carbocycles. The van der Waals surface area contributed by atoms with E-state index in [4.69, 9.17) is 16.3 Å². The largest absolute Gasteiger partial charge is 0.426 e. The third kappa shape index (κ3) is 1.27. The Hall–Kier alpha value is -1.48. The summed E-state index contributed by atoms with van der Waals surface area (Å²) in [6, 6.07) is 5.43. The van der Waals surface area contributed by atoms with Crippen molar-refractivity contribution in [2.24, 2.45) is 0 Å². The summed E-state index contributed by atoms with van der Waals surface area (Å²) in [5, 5.41) is 1.30. The van der Waals surface area contributed by atoms with Crippen molar-refractivity contribution in [3.63, 3.8) is 0 Å². The van der Waals surface area contributed by atoms with Gasteiger partial charge in [-0.3, -0.25) is 4.79 Å². The van der Waals surface area contributed by atoms with Gasteiger partial charge in [0.2, 0.25) is 0 Å². The molecule has 0 saturated heterocycles. The molecule has 1 aromatic heterocycles. The molecule has 4 heteroatoms. The van der Waals surface area contributed by atoms with Gasteiger partial charge in [0.25, 0.3) is 6.47 Å². The zero-order valence-electron chi connectivity index (χ0n) is 6.58. The van der Waals surface area contributed by atoms with Crippen molar-refractivity contribution in [2.75, 3.05) is 0 Å². The number of aromatic amines is 1. The van der Waals surface area contributed by atoms with Crippen molar-refractivity contribution in [2.45, 2.75) is 0 Å². The second kappa shape index (κ2) is 3.11. The zero-order chi connectivity index (χ0) is 9.26. The lowest BCUT2D eigenvalue weighted by Crippen LogP contribution is -1.86. The highest BCUT2D eigenvalue weighted by Gasteiger charge is 2.07. The van der Waals surface area contributed by atoms with E-state index in [1.54, 1.807) is 12.3 Å². The Balaban J connectivity index is 2.70. The second-order valence-electron chi connectivity index (χ2n) is 2.53. The van der Waals surface area contributed by atoms with Crippen LogP contribution in [0.2, 0.25) is 5.02 Å². The van der Waals surface area contributed by atoms with Gasteiger partial charge in [0, 0.05) is 6.20 Å². The van der Waals surface area contributed by atoms with E-state index in [2.05, 4.69) is 4.98 Å². The van der Waals surface area contributed by atoms with Crippen LogP contribution in [0.4, 0.5) is 0 Å². The van der Waals surface area contributed by atoms with Gasteiger partial charge < -0.3 is 9.72 Å². The molecule has 2 rings (SSSR count). The summed E-state index contributed by atoms with van der Waals surface area (Å²) >= 11 is 5.92. The first-order chi connectivity index (χ1) is 6.33. The van der Waals surface area contributed by atoms with Gasteiger partial charge in [-0.15, -0.1) is 0 Å². The molecule has 1 heterocycles. The summed E-state index contributed by atoms with van der Waals surface area (Å²) < 4.78 is 4.74. The van der Waals surface area contributed by atoms with Crippen molar-refractivity contribution in [1.82, 2.24) is 4.98 Å². The van der Waals surface area contributed by atoms with E-state index in [1.165, 1.54) is 0 Å². The highest BCUT2D eigenvalue weighted by atomic mass is 35.5. The number of halogens is 1. The molecule has 13 heavy (non-hydrogen) atoms. The van der Waals surface area contributed by atoms with Crippen LogP contribution in [0.1, 0.15) is 0 Å². The van der Waals surface area contributed by atoms with Crippen molar-refractivity contribution in [1.29, 1.82) is 0 Å². The molecule has 3 nitrogen and oxygen atoms in total. The van der Waals surface area contributed by atoms with Crippen molar-refractivity contribution in [3.05, 3.63) is 29.4 Å². The molecule has 0 aliphatic heterocycles. The van der Waals surface area contributed by atoms with Crippen LogP contribution in [0.15, 0.2) is 24.4 Å². The van der Waals surface area contributed by atoms with Crippen LogP contribution in [0.5, 0.6) is 5.75 Å². The van der Waals surface area contributed by atoms with E-state index < -0.39 is 0 Å². The Morgan fingerprint density at radius 2 is 2.31 bits per heavy atom. The maximum atomic E-state index is 10.1. The molecule has 0 saturated carbocycles. The Kier molecular flexibility index (Phi) is 1.94. The fourth-order valence-corrected chi connectivity index (χ4v) is 1.52. The third-order valence-corrected chi connectivity index (χ3v) is 2.11. The number of ether oxygens (including phenoxy) is 1. The summed E-state index contributed by atoms with van der Waals surface area (Å²) in [7, 11) is 0. The number of benzene rings is 1. The van der Waals surface area contributed by atoms with E-state index in [9.17, 15) is 4.79 Å². The first kappa shape index (κ1) is 8.13. The SMILES string of the molecule is O=COc1c[nH]c2cccc(Cl)c12. The number of fused-ring (bicyclic) bond motifs is 1. The first-order valence-electron chi connectivity index (χ1n) is 3.69. The molecule has 0 radical (unpaired) electrons. The molecule has 0 amide bonds. The van der Waals surface area contributed by atoms with Gasteiger partial charge in [-0.05, 0) is 12.1 Å². The lowest BCUT2D eigenvalue weighted by Gasteiger charge is -1.96. The smallest absolute Gasteiger partial charge is 0.298 e. The molecule has 0 spiro atoms. The van der Waals surface area contributed by atoms with Crippen molar-refractivity contribution >= 4 is 29.0 Å². The Labute approximate surface area is 79.3 Å². The van der Waals surface area contributed by atoms with Crippen LogP contribution in [0.3, 0.4) is 0 Å². The molecule has 0 atom stereocenters. The van der Waals surface area contributed by atoms with E-state index in [0.717, 1.165) is 10.9 Å². The Morgan fingerprint density at radius 1 is 1.46 bits per heavy atom. The van der Waals surface area contributed by atoms with Gasteiger partial charge >= 0.3 is 0 Å². The predicted molar refractivity (Wildman–Crippen MR) is 50.0 cm³/mol. The predicted octanol–water partition coefficient (Wildman–Crippen LogP) is 2.36. The fourth-order valence-electron chi connectivity index (χ4n) is 1.26. The Bertz CT molecular complexity index is 450. The average Bonchev–Trinajstić information content (AvgIpc) is 2.51. The topological polar surface area (TPSA) is 42.1 Å². The summed E-state index contributed by atoms with van der Waals surface area (Å²) in [6.45, 7) is 0.381. The van der Waals surface area contributed by atoms with Gasteiger partial charge in [0.15, 0.2) is 5.75 Å². The number of H-pyrrole nitrogens is 1. The summed E-state index contributed by atoms with van der Waals surface area (Å²) in [6.07, 6.45) is 1.60. The highest BCUT2D eigenvalue weighted by molar-refractivity contribution is 6.36. The lowest BCUT2D eigenvalue weighted by atomic mass is 10.2. The fraction of sp³-hybridized carbons (Fsp3) is 0. The second-order valence-corrected chi connectivity index (χ2v) is 2.94. The van der Waals surface area contributed by atoms with Crippen LogP contribution in [-0.4, -0.2) is 11.5 Å². The molecule has 1 aromatic carbocycles. The molecule has 0 fully saturated rings. The number of carbonyl (C=O) groups excluding carboxylic acids is 1. The van der Waals surface area contributed by atoms with Gasteiger partial charge in [-0.25, -0.2) is 0 Å². The standard InChI is InChI=1S/C9H6ClNO2/c10-6-2-1-3-7-9(6)8(4-11-7)13-5-12/h1-5,11H. The molecule has 2 aromatic rings. The number of hydrogen-bond acceptors (Lipinski definition) is 2. The lowest BCUT2D eigenvalue weighted by molar-refractivity contribution is -0.120. The molecule has 66 valence electrons. The Morgan fingerprint density at radius 3 is 3.08 bits per heavy atom. The minimum absolute atomic E-state index is 0.381. The van der Waals surface area contributed by atoms with Gasteiger partial charge in [0.1, 0.15) is 0 Å². The number of rotatable bonds is 2. The van der Waals surface area contributed by atoms with Crippen molar-refractivity contribution < 1.29 is 9.53 Å². The molecular formula is C9H6ClNO2.